The third-order valence-corrected chi connectivity index (χ3v) is 3.92. The summed E-state index contributed by atoms with van der Waals surface area (Å²) < 4.78 is 11.2. The second-order valence-corrected chi connectivity index (χ2v) is 5.81. The number of methoxy groups -OCH3 is 1. The zero-order chi connectivity index (χ0) is 17.5. The normalized spacial score (nSPS) is 11.7. The smallest absolute Gasteiger partial charge is 0.261 e. The first-order valence-electron chi connectivity index (χ1n) is 8.18. The van der Waals surface area contributed by atoms with E-state index in [4.69, 9.17) is 9.47 Å². The maximum Gasteiger partial charge on any atom is 0.261 e. The van der Waals surface area contributed by atoms with Gasteiger partial charge in [-0.1, -0.05) is 37.3 Å². The molecule has 0 fully saturated rings. The molecule has 0 bridgehead atoms. The number of benzene rings is 2. The summed E-state index contributed by atoms with van der Waals surface area (Å²) in [5.41, 5.74) is 3.08. The number of carbonyl (C=O) groups is 1. The highest BCUT2D eigenvalue weighted by Crippen LogP contribution is 2.21. The van der Waals surface area contributed by atoms with Gasteiger partial charge in [0.1, 0.15) is 11.5 Å². The van der Waals surface area contributed by atoms with Crippen molar-refractivity contribution in [2.45, 2.75) is 39.8 Å². The van der Waals surface area contributed by atoms with Gasteiger partial charge in [-0.15, -0.1) is 0 Å². The quantitative estimate of drug-likeness (QED) is 0.842. The molecule has 2 aromatic carbocycles. The average molecular weight is 327 g/mol. The molecule has 0 aliphatic rings. The molecule has 2 rings (SSSR count). The molecule has 24 heavy (non-hydrogen) atoms. The van der Waals surface area contributed by atoms with Crippen molar-refractivity contribution in [2.24, 2.45) is 0 Å². The highest BCUT2D eigenvalue weighted by Gasteiger charge is 2.19. The van der Waals surface area contributed by atoms with Crippen LogP contribution in [0.4, 0.5) is 0 Å². The first-order chi connectivity index (χ1) is 11.5. The van der Waals surface area contributed by atoms with Gasteiger partial charge in [-0.3, -0.25) is 4.79 Å². The summed E-state index contributed by atoms with van der Waals surface area (Å²) in [4.78, 5) is 12.5. The number of hydrogen-bond donors (Lipinski definition) is 1. The molecule has 4 heteroatoms. The first kappa shape index (κ1) is 17.9. The standard InChI is InChI=1S/C20H25NO3/c1-5-17(24-19-12-14(2)10-11-15(19)3)20(22)21-13-16-8-6-7-9-18(16)23-4/h6-12,17H,5,13H2,1-4H3,(H,21,22)/t17-/m1/s1. The monoisotopic (exact) mass is 327 g/mol. The summed E-state index contributed by atoms with van der Waals surface area (Å²) >= 11 is 0. The topological polar surface area (TPSA) is 47.6 Å². The van der Waals surface area contributed by atoms with E-state index in [-0.39, 0.29) is 5.91 Å². The van der Waals surface area contributed by atoms with Crippen LogP contribution in [0, 0.1) is 13.8 Å². The van der Waals surface area contributed by atoms with E-state index in [1.807, 2.05) is 63.2 Å². The fourth-order valence-electron chi connectivity index (χ4n) is 2.45. The van der Waals surface area contributed by atoms with Crippen molar-refractivity contribution in [3.8, 4) is 11.5 Å². The Morgan fingerprint density at radius 1 is 1.12 bits per heavy atom. The summed E-state index contributed by atoms with van der Waals surface area (Å²) in [5.74, 6) is 1.40. The SMILES string of the molecule is CC[C@@H](Oc1cc(C)ccc1C)C(=O)NCc1ccccc1OC. The van der Waals surface area contributed by atoms with Gasteiger partial charge in [-0.25, -0.2) is 0 Å². The van der Waals surface area contributed by atoms with Gasteiger partial charge >= 0.3 is 0 Å². The molecule has 0 heterocycles. The highest BCUT2D eigenvalue weighted by molar-refractivity contribution is 5.81. The third kappa shape index (κ3) is 4.51. The van der Waals surface area contributed by atoms with Crippen molar-refractivity contribution in [1.29, 1.82) is 0 Å². The van der Waals surface area contributed by atoms with Crippen molar-refractivity contribution in [3.05, 3.63) is 59.2 Å². The molecule has 0 spiro atoms. The molecule has 0 aliphatic carbocycles. The molecule has 1 amide bonds. The lowest BCUT2D eigenvalue weighted by Crippen LogP contribution is -2.37. The maximum absolute atomic E-state index is 12.5. The molecular formula is C20H25NO3. The van der Waals surface area contributed by atoms with Crippen LogP contribution in [0.3, 0.4) is 0 Å². The van der Waals surface area contributed by atoms with Crippen molar-refractivity contribution < 1.29 is 14.3 Å². The fourth-order valence-corrected chi connectivity index (χ4v) is 2.45. The molecule has 4 nitrogen and oxygen atoms in total. The van der Waals surface area contributed by atoms with Crippen LogP contribution in [0.15, 0.2) is 42.5 Å². The van der Waals surface area contributed by atoms with Gasteiger partial charge in [0.2, 0.25) is 0 Å². The Morgan fingerprint density at radius 3 is 2.58 bits per heavy atom. The summed E-state index contributed by atoms with van der Waals surface area (Å²) in [5, 5.41) is 2.94. The van der Waals surface area contributed by atoms with Crippen LogP contribution >= 0.6 is 0 Å². The molecule has 1 atom stereocenters. The number of carbonyl (C=O) groups excluding carboxylic acids is 1. The maximum atomic E-state index is 12.5. The average Bonchev–Trinajstić information content (AvgIpc) is 2.60. The molecule has 1 N–H and O–H groups in total. The molecule has 0 saturated carbocycles. The van der Waals surface area contributed by atoms with E-state index in [2.05, 4.69) is 5.32 Å². The number of amides is 1. The minimum absolute atomic E-state index is 0.121. The third-order valence-electron chi connectivity index (χ3n) is 3.92. The molecule has 128 valence electrons. The molecule has 0 saturated heterocycles. The summed E-state index contributed by atoms with van der Waals surface area (Å²) in [6.07, 6.45) is 0.0886. The predicted molar refractivity (Wildman–Crippen MR) is 95.5 cm³/mol. The molecule has 0 aromatic heterocycles. The van der Waals surface area contributed by atoms with E-state index in [0.717, 1.165) is 28.2 Å². The fraction of sp³-hybridized carbons (Fsp3) is 0.350. The van der Waals surface area contributed by atoms with Gasteiger partial charge in [0.05, 0.1) is 7.11 Å². The van der Waals surface area contributed by atoms with Crippen molar-refractivity contribution >= 4 is 5.91 Å². The number of aryl methyl sites for hydroxylation is 2. The largest absolute Gasteiger partial charge is 0.496 e. The lowest BCUT2D eigenvalue weighted by Gasteiger charge is -2.19. The Balaban J connectivity index is 2.02. The molecule has 2 aromatic rings. The van der Waals surface area contributed by atoms with E-state index in [9.17, 15) is 4.79 Å². The minimum atomic E-state index is -0.514. The predicted octanol–water partition coefficient (Wildman–Crippen LogP) is 3.79. The Labute approximate surface area is 143 Å². The second-order valence-electron chi connectivity index (χ2n) is 5.81. The molecule has 0 radical (unpaired) electrons. The van der Waals surface area contributed by atoms with E-state index in [0.29, 0.717) is 13.0 Å². The van der Waals surface area contributed by atoms with Crippen LogP contribution in [0.1, 0.15) is 30.0 Å². The minimum Gasteiger partial charge on any atom is -0.496 e. The van der Waals surface area contributed by atoms with Gasteiger partial charge in [-0.2, -0.15) is 0 Å². The molecule has 0 unspecified atom stereocenters. The number of hydrogen-bond acceptors (Lipinski definition) is 3. The number of rotatable bonds is 7. The second kappa shape index (κ2) is 8.39. The van der Waals surface area contributed by atoms with Crippen LogP contribution in [-0.4, -0.2) is 19.1 Å². The van der Waals surface area contributed by atoms with Crippen LogP contribution in [-0.2, 0) is 11.3 Å². The van der Waals surface area contributed by atoms with Crippen LogP contribution < -0.4 is 14.8 Å². The van der Waals surface area contributed by atoms with Gasteiger partial charge < -0.3 is 14.8 Å². The zero-order valence-corrected chi connectivity index (χ0v) is 14.8. The Bertz CT molecular complexity index is 697. The van der Waals surface area contributed by atoms with E-state index >= 15 is 0 Å². The van der Waals surface area contributed by atoms with Gasteiger partial charge in [0.15, 0.2) is 6.10 Å². The van der Waals surface area contributed by atoms with Crippen LogP contribution in [0.5, 0.6) is 11.5 Å². The van der Waals surface area contributed by atoms with E-state index in [1.165, 1.54) is 0 Å². The van der Waals surface area contributed by atoms with Gasteiger partial charge in [0.25, 0.3) is 5.91 Å². The summed E-state index contributed by atoms with van der Waals surface area (Å²) in [7, 11) is 1.62. The Kier molecular flexibility index (Phi) is 6.24. The first-order valence-corrected chi connectivity index (χ1v) is 8.18. The number of nitrogens with one attached hydrogen (secondary N) is 1. The van der Waals surface area contributed by atoms with Crippen molar-refractivity contribution in [1.82, 2.24) is 5.32 Å². The summed E-state index contributed by atoms with van der Waals surface area (Å²) in [6.45, 7) is 6.34. The van der Waals surface area contributed by atoms with Gasteiger partial charge in [0, 0.05) is 12.1 Å². The number of para-hydroxylation sites is 1. The van der Waals surface area contributed by atoms with E-state index in [1.54, 1.807) is 7.11 Å². The van der Waals surface area contributed by atoms with Crippen LogP contribution in [0.25, 0.3) is 0 Å². The van der Waals surface area contributed by atoms with Crippen LogP contribution in [0.2, 0.25) is 0 Å². The highest BCUT2D eigenvalue weighted by atomic mass is 16.5. The Morgan fingerprint density at radius 2 is 1.88 bits per heavy atom. The lowest BCUT2D eigenvalue weighted by atomic mass is 10.1. The number of ether oxygens (including phenoxy) is 2. The van der Waals surface area contributed by atoms with Crippen molar-refractivity contribution in [3.63, 3.8) is 0 Å². The van der Waals surface area contributed by atoms with Crippen molar-refractivity contribution in [2.75, 3.05) is 7.11 Å². The summed E-state index contributed by atoms with van der Waals surface area (Å²) in [6, 6.07) is 13.6. The van der Waals surface area contributed by atoms with Gasteiger partial charge in [-0.05, 0) is 43.5 Å². The molecule has 0 aliphatic heterocycles. The van der Waals surface area contributed by atoms with E-state index < -0.39 is 6.10 Å². The lowest BCUT2D eigenvalue weighted by molar-refractivity contribution is -0.128. The Hall–Kier alpha value is -2.49. The molecular weight excluding hydrogens is 302 g/mol. The zero-order valence-electron chi connectivity index (χ0n) is 14.8.